The third-order valence-corrected chi connectivity index (χ3v) is 4.68. The van der Waals surface area contributed by atoms with Gasteiger partial charge in [-0.1, -0.05) is 64.5 Å². The first-order valence-corrected chi connectivity index (χ1v) is 10.4. The van der Waals surface area contributed by atoms with Crippen LogP contribution in [0.2, 0.25) is 0 Å². The SMILES string of the molecule is CCC=CCCCCCCCC(=O)C(CCCCC)CC(O)C[C]=O. The Morgan fingerprint density at radius 2 is 1.72 bits per heavy atom. The number of unbranched alkanes of at least 4 members (excludes halogenated alkanes) is 7. The molecule has 2 unspecified atom stereocenters. The second kappa shape index (κ2) is 17.8. The first-order chi connectivity index (χ1) is 12.2. The van der Waals surface area contributed by atoms with Gasteiger partial charge in [0.1, 0.15) is 5.78 Å². The molecule has 1 N–H and O–H groups in total. The Labute approximate surface area is 155 Å². The molecule has 0 spiro atoms. The molecule has 3 heteroatoms. The molecule has 0 bridgehead atoms. The van der Waals surface area contributed by atoms with E-state index in [1.807, 2.05) is 0 Å². The highest BCUT2D eigenvalue weighted by molar-refractivity contribution is 5.81. The van der Waals surface area contributed by atoms with E-state index >= 15 is 0 Å². The van der Waals surface area contributed by atoms with E-state index in [0.717, 1.165) is 51.4 Å². The normalized spacial score (nSPS) is 13.9. The van der Waals surface area contributed by atoms with Crippen molar-refractivity contribution < 1.29 is 14.7 Å². The van der Waals surface area contributed by atoms with E-state index in [4.69, 9.17) is 0 Å². The smallest absolute Gasteiger partial charge is 0.201 e. The minimum absolute atomic E-state index is 0.0179. The molecule has 0 heterocycles. The minimum atomic E-state index is -0.718. The van der Waals surface area contributed by atoms with E-state index in [9.17, 15) is 14.7 Å². The number of Topliss-reactive ketones (excluding diaryl/α,β-unsaturated/α-hetero) is 1. The van der Waals surface area contributed by atoms with Gasteiger partial charge in [0.2, 0.25) is 6.29 Å². The van der Waals surface area contributed by atoms with Crippen LogP contribution in [0.3, 0.4) is 0 Å². The van der Waals surface area contributed by atoms with Crippen molar-refractivity contribution in [2.75, 3.05) is 0 Å². The van der Waals surface area contributed by atoms with Crippen LogP contribution in [0.15, 0.2) is 12.2 Å². The predicted octanol–water partition coefficient (Wildman–Crippen LogP) is 5.70. The quantitative estimate of drug-likeness (QED) is 0.254. The maximum Gasteiger partial charge on any atom is 0.201 e. The minimum Gasteiger partial charge on any atom is -0.393 e. The molecule has 0 aliphatic heterocycles. The summed E-state index contributed by atoms with van der Waals surface area (Å²) in [6.45, 7) is 4.30. The zero-order valence-electron chi connectivity index (χ0n) is 16.5. The van der Waals surface area contributed by atoms with Crippen LogP contribution < -0.4 is 0 Å². The van der Waals surface area contributed by atoms with Crippen LogP contribution in [0.5, 0.6) is 0 Å². The summed E-state index contributed by atoms with van der Waals surface area (Å²) in [5.74, 6) is 0.181. The fourth-order valence-corrected chi connectivity index (χ4v) is 3.14. The van der Waals surface area contributed by atoms with Crippen molar-refractivity contribution in [1.29, 1.82) is 0 Å². The van der Waals surface area contributed by atoms with Crippen LogP contribution in [0.25, 0.3) is 0 Å². The highest BCUT2D eigenvalue weighted by atomic mass is 16.3. The average Bonchev–Trinajstić information content (AvgIpc) is 2.59. The summed E-state index contributed by atoms with van der Waals surface area (Å²) in [6, 6.07) is 0. The molecule has 0 rings (SSSR count). The lowest BCUT2D eigenvalue weighted by molar-refractivity contribution is -0.124. The van der Waals surface area contributed by atoms with E-state index < -0.39 is 6.10 Å². The standard InChI is InChI=1S/C22H39O3/c1-3-5-7-8-9-10-11-12-14-16-22(25)20(15-13-6-4-2)19-21(24)17-18-23/h5,7,20-21,24H,3-4,6,8-17,19H2,1-2H3. The number of allylic oxidation sites excluding steroid dienone is 2. The number of carbonyl (C=O) groups excluding carboxylic acids is 2. The lowest BCUT2D eigenvalue weighted by atomic mass is 9.88. The molecule has 0 fully saturated rings. The highest BCUT2D eigenvalue weighted by Crippen LogP contribution is 2.21. The molecule has 0 aromatic carbocycles. The summed E-state index contributed by atoms with van der Waals surface area (Å²) in [7, 11) is 0. The molecule has 2 atom stereocenters. The van der Waals surface area contributed by atoms with Crippen molar-refractivity contribution in [3.63, 3.8) is 0 Å². The van der Waals surface area contributed by atoms with Crippen molar-refractivity contribution in [3.05, 3.63) is 12.2 Å². The van der Waals surface area contributed by atoms with Gasteiger partial charge >= 0.3 is 0 Å². The summed E-state index contributed by atoms with van der Waals surface area (Å²) in [6.07, 6.45) is 18.6. The van der Waals surface area contributed by atoms with Crippen LogP contribution in [-0.2, 0) is 9.59 Å². The third kappa shape index (κ3) is 15.0. The van der Waals surface area contributed by atoms with Crippen LogP contribution in [0, 0.1) is 5.92 Å². The monoisotopic (exact) mass is 351 g/mol. The number of aliphatic hydroxyl groups excluding tert-OH is 1. The maximum absolute atomic E-state index is 12.5. The second-order valence-corrected chi connectivity index (χ2v) is 7.08. The fourth-order valence-electron chi connectivity index (χ4n) is 3.14. The van der Waals surface area contributed by atoms with Gasteiger partial charge in [-0.05, 0) is 38.5 Å². The van der Waals surface area contributed by atoms with Crippen LogP contribution in [-0.4, -0.2) is 23.3 Å². The Kier molecular flexibility index (Phi) is 17.2. The van der Waals surface area contributed by atoms with Crippen molar-refractivity contribution >= 4 is 12.1 Å². The lowest BCUT2D eigenvalue weighted by Crippen LogP contribution is -2.21. The Hall–Kier alpha value is -0.960. The van der Waals surface area contributed by atoms with Gasteiger partial charge in [-0.15, -0.1) is 0 Å². The molecule has 25 heavy (non-hydrogen) atoms. The number of hydrogen-bond acceptors (Lipinski definition) is 3. The van der Waals surface area contributed by atoms with Gasteiger partial charge < -0.3 is 5.11 Å². The average molecular weight is 352 g/mol. The molecule has 0 aromatic rings. The molecule has 0 amide bonds. The molecule has 0 aliphatic rings. The molecule has 0 saturated carbocycles. The molecular formula is C22H39O3. The first kappa shape index (κ1) is 24.0. The summed E-state index contributed by atoms with van der Waals surface area (Å²) in [5, 5.41) is 9.84. The molecule has 1 radical (unpaired) electrons. The topological polar surface area (TPSA) is 54.4 Å². The summed E-state index contributed by atoms with van der Waals surface area (Å²) >= 11 is 0. The second-order valence-electron chi connectivity index (χ2n) is 7.08. The first-order valence-electron chi connectivity index (χ1n) is 10.4. The number of ketones is 1. The maximum atomic E-state index is 12.5. The van der Waals surface area contributed by atoms with Crippen LogP contribution >= 0.6 is 0 Å². The van der Waals surface area contributed by atoms with Crippen molar-refractivity contribution in [1.82, 2.24) is 0 Å². The van der Waals surface area contributed by atoms with Gasteiger partial charge in [-0.3, -0.25) is 9.59 Å². The van der Waals surface area contributed by atoms with Gasteiger partial charge in [-0.2, -0.15) is 0 Å². The number of aliphatic hydroxyl groups is 1. The van der Waals surface area contributed by atoms with Gasteiger partial charge in [-0.25, -0.2) is 0 Å². The van der Waals surface area contributed by atoms with E-state index in [0.29, 0.717) is 12.8 Å². The Morgan fingerprint density at radius 1 is 1.00 bits per heavy atom. The van der Waals surface area contributed by atoms with Crippen LogP contribution in [0.4, 0.5) is 0 Å². The van der Waals surface area contributed by atoms with Gasteiger partial charge in [0, 0.05) is 18.8 Å². The molecule has 0 saturated heterocycles. The van der Waals surface area contributed by atoms with Gasteiger partial charge in [0.15, 0.2) is 0 Å². The fraction of sp³-hybridized carbons (Fsp3) is 0.818. The molecule has 145 valence electrons. The van der Waals surface area contributed by atoms with Crippen molar-refractivity contribution in [2.45, 2.75) is 110 Å². The number of rotatable bonds is 18. The van der Waals surface area contributed by atoms with Gasteiger partial charge in [0.25, 0.3) is 0 Å². The predicted molar refractivity (Wildman–Crippen MR) is 105 cm³/mol. The van der Waals surface area contributed by atoms with Crippen molar-refractivity contribution in [2.24, 2.45) is 5.92 Å². The van der Waals surface area contributed by atoms with E-state index in [2.05, 4.69) is 26.0 Å². The summed E-state index contributed by atoms with van der Waals surface area (Å²) < 4.78 is 0. The Balaban J connectivity index is 3.98. The molecular weight excluding hydrogens is 312 g/mol. The molecule has 3 nitrogen and oxygen atoms in total. The zero-order valence-corrected chi connectivity index (χ0v) is 16.5. The number of carbonyl (C=O) groups is 1. The molecule has 0 aromatic heterocycles. The third-order valence-electron chi connectivity index (χ3n) is 4.68. The number of hydrogen-bond donors (Lipinski definition) is 1. The summed E-state index contributed by atoms with van der Waals surface area (Å²) in [4.78, 5) is 22.9. The Bertz CT molecular complexity index is 349. The summed E-state index contributed by atoms with van der Waals surface area (Å²) in [5.41, 5.74) is 0. The lowest BCUT2D eigenvalue weighted by Gasteiger charge is -2.18. The van der Waals surface area contributed by atoms with Gasteiger partial charge in [0.05, 0.1) is 6.10 Å². The van der Waals surface area contributed by atoms with Crippen LogP contribution in [0.1, 0.15) is 104 Å². The van der Waals surface area contributed by atoms with Crippen molar-refractivity contribution in [3.8, 4) is 0 Å². The molecule has 0 aliphatic carbocycles. The largest absolute Gasteiger partial charge is 0.393 e. The Morgan fingerprint density at radius 3 is 2.40 bits per heavy atom. The van der Waals surface area contributed by atoms with E-state index in [1.165, 1.54) is 19.3 Å². The highest BCUT2D eigenvalue weighted by Gasteiger charge is 2.21. The zero-order chi connectivity index (χ0) is 18.8. The van der Waals surface area contributed by atoms with E-state index in [-0.39, 0.29) is 18.1 Å². The van der Waals surface area contributed by atoms with E-state index in [1.54, 1.807) is 6.29 Å².